The topological polar surface area (TPSA) is 52.7 Å². The minimum absolute atomic E-state index is 0.387. The molecule has 1 aromatic carbocycles. The van der Waals surface area contributed by atoms with Crippen LogP contribution in [0.2, 0.25) is 0 Å². The summed E-state index contributed by atoms with van der Waals surface area (Å²) in [5.74, 6) is 0. The van der Waals surface area contributed by atoms with Gasteiger partial charge in [0.1, 0.15) is 4.99 Å². The van der Waals surface area contributed by atoms with Crippen molar-refractivity contribution in [3.05, 3.63) is 35.4 Å². The van der Waals surface area contributed by atoms with Crippen molar-refractivity contribution >= 4 is 17.2 Å². The van der Waals surface area contributed by atoms with Crippen molar-refractivity contribution in [2.45, 2.75) is 25.0 Å². The zero-order valence-corrected chi connectivity index (χ0v) is 13.6. The molecule has 1 saturated heterocycles. The molecule has 0 saturated carbocycles. The van der Waals surface area contributed by atoms with Crippen LogP contribution in [-0.2, 0) is 0 Å². The number of rotatable bonds is 6. The molecule has 1 fully saturated rings. The number of nitrogens with two attached hydrogens (primary N) is 1. The summed E-state index contributed by atoms with van der Waals surface area (Å²) in [5, 5.41) is 10.3. The van der Waals surface area contributed by atoms with Crippen LogP contribution in [0.4, 0.5) is 0 Å². The number of aliphatic hydroxyl groups is 1. The van der Waals surface area contributed by atoms with Crippen LogP contribution < -0.4 is 5.73 Å². The number of hydrogen-bond acceptors (Lipinski definition) is 4. The van der Waals surface area contributed by atoms with E-state index in [1.54, 1.807) is 0 Å². The van der Waals surface area contributed by atoms with Crippen LogP contribution in [0, 0.1) is 0 Å². The van der Waals surface area contributed by atoms with Crippen LogP contribution in [0.5, 0.6) is 0 Å². The summed E-state index contributed by atoms with van der Waals surface area (Å²) in [5.41, 5.74) is 7.32. The van der Waals surface area contributed by atoms with Gasteiger partial charge in [-0.25, -0.2) is 0 Å². The van der Waals surface area contributed by atoms with Crippen molar-refractivity contribution in [1.82, 2.24) is 9.80 Å². The molecule has 116 valence electrons. The Bertz CT molecular complexity index is 477. The quantitative estimate of drug-likeness (QED) is 0.778. The van der Waals surface area contributed by atoms with Crippen molar-refractivity contribution in [1.29, 1.82) is 0 Å². The number of likely N-dealkylation sites (N-methyl/N-ethyl adjacent to an activating group) is 2. The summed E-state index contributed by atoms with van der Waals surface area (Å²) in [6, 6.07) is 8.14. The maximum Gasteiger partial charge on any atom is 0.103 e. The van der Waals surface area contributed by atoms with E-state index in [0.29, 0.717) is 17.6 Å². The first-order valence-corrected chi connectivity index (χ1v) is 7.85. The average molecular weight is 307 g/mol. The van der Waals surface area contributed by atoms with Crippen molar-refractivity contribution in [3.63, 3.8) is 0 Å². The van der Waals surface area contributed by atoms with E-state index in [1.807, 2.05) is 24.3 Å². The first-order valence-electron chi connectivity index (χ1n) is 7.44. The molecule has 0 radical (unpaired) electrons. The zero-order valence-electron chi connectivity index (χ0n) is 12.8. The molecular formula is C16H25N3OS. The van der Waals surface area contributed by atoms with Gasteiger partial charge in [0.2, 0.25) is 0 Å². The van der Waals surface area contributed by atoms with E-state index in [4.69, 9.17) is 18.0 Å². The van der Waals surface area contributed by atoms with Gasteiger partial charge in [-0.2, -0.15) is 0 Å². The smallest absolute Gasteiger partial charge is 0.103 e. The minimum Gasteiger partial charge on any atom is -0.389 e. The van der Waals surface area contributed by atoms with Crippen LogP contribution in [0.3, 0.4) is 0 Å². The lowest BCUT2D eigenvalue weighted by atomic mass is 10.1. The van der Waals surface area contributed by atoms with E-state index in [0.717, 1.165) is 17.7 Å². The lowest BCUT2D eigenvalue weighted by Crippen LogP contribution is -2.38. The third-order valence-electron chi connectivity index (χ3n) is 4.26. The second kappa shape index (κ2) is 7.31. The van der Waals surface area contributed by atoms with E-state index in [9.17, 15) is 5.11 Å². The Hall–Kier alpha value is -1.01. The Balaban J connectivity index is 1.87. The number of likely N-dealkylation sites (tertiary alicyclic amines) is 1. The first-order chi connectivity index (χ1) is 9.97. The Morgan fingerprint density at radius 1 is 1.48 bits per heavy atom. The predicted octanol–water partition coefficient (Wildman–Crippen LogP) is 1.38. The summed E-state index contributed by atoms with van der Waals surface area (Å²) < 4.78 is 0. The molecule has 0 amide bonds. The van der Waals surface area contributed by atoms with Crippen molar-refractivity contribution < 1.29 is 5.11 Å². The van der Waals surface area contributed by atoms with Crippen LogP contribution in [0.15, 0.2) is 24.3 Å². The highest BCUT2D eigenvalue weighted by molar-refractivity contribution is 7.80. The normalized spacial score (nSPS) is 20.9. The Kier molecular flexibility index (Phi) is 5.70. The summed E-state index contributed by atoms with van der Waals surface area (Å²) in [6.07, 6.45) is 2.04. The molecule has 0 aliphatic carbocycles. The Labute approximate surface area is 132 Å². The monoisotopic (exact) mass is 307 g/mol. The molecule has 0 spiro atoms. The van der Waals surface area contributed by atoms with E-state index in [1.165, 1.54) is 19.4 Å². The van der Waals surface area contributed by atoms with Crippen LogP contribution in [0.25, 0.3) is 0 Å². The fourth-order valence-electron chi connectivity index (χ4n) is 2.91. The second-order valence-electron chi connectivity index (χ2n) is 6.00. The van der Waals surface area contributed by atoms with Gasteiger partial charge in [-0.15, -0.1) is 0 Å². The number of nitrogens with zero attached hydrogens (tertiary/aromatic N) is 2. The maximum absolute atomic E-state index is 10.3. The molecule has 2 atom stereocenters. The van der Waals surface area contributed by atoms with Crippen molar-refractivity contribution in [3.8, 4) is 0 Å². The van der Waals surface area contributed by atoms with Gasteiger partial charge in [0, 0.05) is 24.7 Å². The number of hydrogen-bond donors (Lipinski definition) is 2. The molecule has 1 aliphatic heterocycles. The van der Waals surface area contributed by atoms with E-state index >= 15 is 0 Å². The molecule has 0 aromatic heterocycles. The third kappa shape index (κ3) is 4.48. The Morgan fingerprint density at radius 2 is 2.14 bits per heavy atom. The highest BCUT2D eigenvalue weighted by atomic mass is 32.1. The summed E-state index contributed by atoms with van der Waals surface area (Å²) in [6.45, 7) is 2.82. The van der Waals surface area contributed by atoms with E-state index in [-0.39, 0.29) is 0 Å². The molecule has 1 aliphatic rings. The lowest BCUT2D eigenvalue weighted by Gasteiger charge is -2.27. The molecule has 0 bridgehead atoms. The van der Waals surface area contributed by atoms with E-state index < -0.39 is 6.10 Å². The van der Waals surface area contributed by atoms with Crippen molar-refractivity contribution in [2.75, 3.05) is 33.7 Å². The van der Waals surface area contributed by atoms with Crippen LogP contribution in [-0.4, -0.2) is 59.7 Å². The molecular weight excluding hydrogens is 282 g/mol. The molecule has 21 heavy (non-hydrogen) atoms. The summed E-state index contributed by atoms with van der Waals surface area (Å²) in [7, 11) is 4.25. The molecule has 5 heteroatoms. The second-order valence-corrected chi connectivity index (χ2v) is 6.44. The van der Waals surface area contributed by atoms with Gasteiger partial charge in [0.25, 0.3) is 0 Å². The van der Waals surface area contributed by atoms with Gasteiger partial charge >= 0.3 is 0 Å². The van der Waals surface area contributed by atoms with Gasteiger partial charge in [0.05, 0.1) is 6.10 Å². The van der Waals surface area contributed by atoms with Crippen molar-refractivity contribution in [2.24, 2.45) is 5.73 Å². The van der Waals surface area contributed by atoms with Crippen LogP contribution in [0.1, 0.15) is 30.1 Å². The SMILES string of the molecule is CN(CC(O)c1ccc(C(N)=S)cc1)CC1CCCN1C. The maximum atomic E-state index is 10.3. The summed E-state index contributed by atoms with van der Waals surface area (Å²) >= 11 is 4.93. The fourth-order valence-corrected chi connectivity index (χ4v) is 3.05. The number of benzene rings is 1. The molecule has 3 N–H and O–H groups in total. The predicted molar refractivity (Wildman–Crippen MR) is 90.4 cm³/mol. The highest BCUT2D eigenvalue weighted by Gasteiger charge is 2.23. The molecule has 1 aromatic rings. The minimum atomic E-state index is -0.484. The van der Waals surface area contributed by atoms with Gasteiger partial charge in [-0.1, -0.05) is 36.5 Å². The van der Waals surface area contributed by atoms with Crippen LogP contribution >= 0.6 is 12.2 Å². The first kappa shape index (κ1) is 16.4. The third-order valence-corrected chi connectivity index (χ3v) is 4.49. The zero-order chi connectivity index (χ0) is 15.4. The van der Waals surface area contributed by atoms with Gasteiger partial charge in [-0.05, 0) is 39.0 Å². The van der Waals surface area contributed by atoms with E-state index in [2.05, 4.69) is 23.9 Å². The molecule has 4 nitrogen and oxygen atoms in total. The number of aliphatic hydroxyl groups excluding tert-OH is 1. The number of thiocarbonyl (C=S) groups is 1. The lowest BCUT2D eigenvalue weighted by molar-refractivity contribution is 0.113. The van der Waals surface area contributed by atoms with Gasteiger partial charge in [0.15, 0.2) is 0 Å². The summed E-state index contributed by atoms with van der Waals surface area (Å²) in [4.78, 5) is 5.00. The highest BCUT2D eigenvalue weighted by Crippen LogP contribution is 2.18. The largest absolute Gasteiger partial charge is 0.389 e. The molecule has 2 unspecified atom stereocenters. The van der Waals surface area contributed by atoms with Gasteiger partial charge in [-0.3, -0.25) is 0 Å². The molecule has 2 rings (SSSR count). The Morgan fingerprint density at radius 3 is 2.67 bits per heavy atom. The molecule has 1 heterocycles. The van der Waals surface area contributed by atoms with Gasteiger partial charge < -0.3 is 20.6 Å². The standard InChI is InChI=1S/C16H25N3OS/c1-18(10-14-4-3-9-19(14)2)11-15(20)12-5-7-13(8-6-12)16(17)21/h5-8,14-15,20H,3-4,9-11H2,1-2H3,(H2,17,21). The average Bonchev–Trinajstić information content (AvgIpc) is 2.84. The fraction of sp³-hybridized carbons (Fsp3) is 0.562.